The zero-order valence-corrected chi connectivity index (χ0v) is 40.3. The average Bonchev–Trinajstić information content (AvgIpc) is 3.03. The molecule has 0 N–H and O–H groups in total. The van der Waals surface area contributed by atoms with Crippen molar-refractivity contribution in [1.29, 1.82) is 0 Å². The van der Waals surface area contributed by atoms with Crippen molar-refractivity contribution in [1.82, 2.24) is 28.4 Å². The predicted molar refractivity (Wildman–Crippen MR) is 232 cm³/mol. The average molecular weight is 889 g/mol. The maximum Gasteiger partial charge on any atom is 0.336 e. The highest BCUT2D eigenvalue weighted by atomic mass is 16.6. The van der Waals surface area contributed by atoms with Gasteiger partial charge in [0, 0.05) is 112 Å². The van der Waals surface area contributed by atoms with Gasteiger partial charge in [-0.1, -0.05) is 0 Å². The van der Waals surface area contributed by atoms with Gasteiger partial charge in [0.25, 0.3) is 0 Å². The molecule has 3 aliphatic rings. The van der Waals surface area contributed by atoms with Crippen molar-refractivity contribution in [3.05, 3.63) is 31.5 Å². The van der Waals surface area contributed by atoms with Crippen LogP contribution in [0.4, 0.5) is 0 Å². The molecule has 0 radical (unpaired) electrons. The van der Waals surface area contributed by atoms with Crippen molar-refractivity contribution in [2.45, 2.75) is 233 Å². The Morgan fingerprint density at radius 3 is 0.730 bits per heavy atom. The number of hydrogen-bond donors (Lipinski definition) is 0. The molecule has 4 heterocycles. The number of amides is 3. The first-order chi connectivity index (χ1) is 28.6. The number of likely N-dealkylation sites (tertiary alicyclic amines) is 3. The van der Waals surface area contributed by atoms with Gasteiger partial charge in [0.2, 0.25) is 17.7 Å². The van der Waals surface area contributed by atoms with Gasteiger partial charge >= 0.3 is 35.0 Å². The fourth-order valence-electron chi connectivity index (χ4n) is 12.0. The summed E-state index contributed by atoms with van der Waals surface area (Å²) in [5.41, 5.74) is -6.93. The number of rotatable bonds is 12. The summed E-state index contributed by atoms with van der Waals surface area (Å²) in [6.07, 6.45) is -0.758. The Kier molecular flexibility index (Phi) is 14.5. The zero-order chi connectivity index (χ0) is 48.0. The Balaban J connectivity index is 1.57. The molecule has 18 heteroatoms. The van der Waals surface area contributed by atoms with E-state index in [1.165, 1.54) is 20.8 Å². The third kappa shape index (κ3) is 11.3. The molecule has 0 atom stereocenters. The minimum atomic E-state index is -1.06. The molecule has 0 bridgehead atoms. The molecule has 3 aliphatic heterocycles. The molecule has 0 aromatic carbocycles. The van der Waals surface area contributed by atoms with Crippen LogP contribution in [0, 0.1) is 0 Å². The van der Waals surface area contributed by atoms with Crippen LogP contribution in [-0.2, 0) is 62.6 Å². The fourth-order valence-corrected chi connectivity index (χ4v) is 12.0. The number of ether oxygens (including phenoxy) is 3. The van der Waals surface area contributed by atoms with E-state index in [2.05, 4.69) is 0 Å². The molecular formula is C45H72N6O12. The van der Waals surface area contributed by atoms with Crippen molar-refractivity contribution in [3.8, 4) is 0 Å². The minimum absolute atomic E-state index is 0.104. The molecular weight excluding hydrogens is 817 g/mol. The molecule has 3 saturated heterocycles. The van der Waals surface area contributed by atoms with E-state index in [1.54, 1.807) is 14.7 Å². The third-order valence-corrected chi connectivity index (χ3v) is 12.8. The van der Waals surface area contributed by atoms with Crippen LogP contribution in [0.2, 0.25) is 0 Å². The van der Waals surface area contributed by atoms with Crippen LogP contribution in [0.15, 0.2) is 14.4 Å². The highest BCUT2D eigenvalue weighted by Gasteiger charge is 2.50. The van der Waals surface area contributed by atoms with Crippen molar-refractivity contribution in [3.63, 3.8) is 0 Å². The lowest BCUT2D eigenvalue weighted by Gasteiger charge is -2.54. The quantitative estimate of drug-likeness (QED) is 0.218. The highest BCUT2D eigenvalue weighted by Crippen LogP contribution is 2.42. The van der Waals surface area contributed by atoms with Crippen LogP contribution < -0.4 is 17.1 Å². The van der Waals surface area contributed by atoms with Gasteiger partial charge in [0.05, 0.1) is 19.3 Å². The van der Waals surface area contributed by atoms with E-state index in [1.807, 2.05) is 83.1 Å². The van der Waals surface area contributed by atoms with Gasteiger partial charge < -0.3 is 28.9 Å². The molecule has 0 aliphatic carbocycles. The molecule has 3 amide bonds. The van der Waals surface area contributed by atoms with Crippen LogP contribution in [0.5, 0.6) is 0 Å². The summed E-state index contributed by atoms with van der Waals surface area (Å²) in [6, 6.07) is 0. The number of hydrogen-bond acceptors (Lipinski definition) is 12. The van der Waals surface area contributed by atoms with Gasteiger partial charge in [-0.15, -0.1) is 0 Å². The van der Waals surface area contributed by atoms with Gasteiger partial charge in [-0.25, -0.2) is 28.1 Å². The fraction of sp³-hybridized carbons (Fsp3) is 0.800. The van der Waals surface area contributed by atoms with Gasteiger partial charge in [0.15, 0.2) is 0 Å². The van der Waals surface area contributed by atoms with Crippen LogP contribution in [0.3, 0.4) is 0 Å². The molecule has 354 valence electrons. The van der Waals surface area contributed by atoms with Gasteiger partial charge in [-0.05, 0) is 83.1 Å². The number of nitrogens with zero attached hydrogens (tertiary/aromatic N) is 6. The van der Waals surface area contributed by atoms with Gasteiger partial charge in [-0.3, -0.25) is 28.8 Å². The topological polar surface area (TPSA) is 206 Å². The van der Waals surface area contributed by atoms with Crippen LogP contribution in [0.1, 0.15) is 162 Å². The van der Waals surface area contributed by atoms with E-state index in [0.717, 1.165) is 13.7 Å². The first-order valence-corrected chi connectivity index (χ1v) is 22.1. The van der Waals surface area contributed by atoms with E-state index in [0.29, 0.717) is 38.5 Å². The first-order valence-electron chi connectivity index (χ1n) is 22.1. The lowest BCUT2D eigenvalue weighted by atomic mass is 9.78. The zero-order valence-electron chi connectivity index (χ0n) is 40.3. The first kappa shape index (κ1) is 50.9. The molecule has 0 unspecified atom stereocenters. The standard InChI is InChI=1S/C45H72N6O12/c1-28(52)49-40(4,5)22-31(23-41(49,6)7)61-34(55)16-19-46-37(58)47(20-17-35(56)62-32-24-42(8,9)50(29(2)53)43(10,11)25-32)39(60)48(38(46)59)21-18-36(57)63-33-26-44(12,13)51(30(3)54)45(14,15)27-33/h31-33H,16-27H2,1-15H3. The molecule has 1 aromatic rings. The molecule has 18 nitrogen and oxygen atoms in total. The monoisotopic (exact) mass is 889 g/mol. The highest BCUT2D eigenvalue weighted by molar-refractivity contribution is 5.77. The Bertz CT molecular complexity index is 1840. The Labute approximate surface area is 370 Å². The molecule has 0 saturated carbocycles. The van der Waals surface area contributed by atoms with Crippen molar-refractivity contribution in [2.24, 2.45) is 0 Å². The molecule has 4 rings (SSSR count). The van der Waals surface area contributed by atoms with Crippen molar-refractivity contribution >= 4 is 35.6 Å². The van der Waals surface area contributed by atoms with Crippen LogP contribution >= 0.6 is 0 Å². The Hall–Kier alpha value is -4.77. The number of aromatic nitrogens is 3. The van der Waals surface area contributed by atoms with E-state index in [4.69, 9.17) is 14.2 Å². The minimum Gasteiger partial charge on any atom is -0.462 e. The Morgan fingerprint density at radius 2 is 0.571 bits per heavy atom. The van der Waals surface area contributed by atoms with E-state index < -0.39 is 125 Å². The number of carbonyl (C=O) groups is 6. The number of esters is 3. The van der Waals surface area contributed by atoms with Crippen LogP contribution in [0.25, 0.3) is 0 Å². The maximum atomic E-state index is 13.9. The van der Waals surface area contributed by atoms with E-state index in [9.17, 15) is 43.2 Å². The summed E-state index contributed by atoms with van der Waals surface area (Å²) in [5, 5.41) is 0. The second kappa shape index (κ2) is 18.0. The summed E-state index contributed by atoms with van der Waals surface area (Å²) in [6.45, 7) is 25.8. The van der Waals surface area contributed by atoms with Gasteiger partial charge in [-0.2, -0.15) is 0 Å². The summed E-state index contributed by atoms with van der Waals surface area (Å²) in [4.78, 5) is 125. The SMILES string of the molecule is CC(=O)N1C(C)(C)CC(OC(=O)CCn2c(=O)n(CCC(=O)OC3CC(C)(C)N(C(C)=O)C(C)(C)C3)c(=O)n(CCC(=O)OC3CC(C)(C)N(C(C)=O)C(C)(C)C3)c2=O)CC1(C)C. The third-order valence-electron chi connectivity index (χ3n) is 12.8. The van der Waals surface area contributed by atoms with Crippen molar-refractivity contribution in [2.75, 3.05) is 0 Å². The predicted octanol–water partition coefficient (Wildman–Crippen LogP) is 3.68. The number of carbonyl (C=O) groups excluding carboxylic acids is 6. The summed E-state index contributed by atoms with van der Waals surface area (Å²) >= 11 is 0. The molecule has 1 aromatic heterocycles. The summed E-state index contributed by atoms with van der Waals surface area (Å²) in [7, 11) is 0. The second-order valence-electron chi connectivity index (χ2n) is 21.6. The smallest absolute Gasteiger partial charge is 0.336 e. The summed E-state index contributed by atoms with van der Waals surface area (Å²) < 4.78 is 19.7. The Morgan fingerprint density at radius 1 is 0.397 bits per heavy atom. The van der Waals surface area contributed by atoms with Crippen molar-refractivity contribution < 1.29 is 43.0 Å². The normalized spacial score (nSPS) is 21.7. The lowest BCUT2D eigenvalue weighted by molar-refractivity contribution is -0.168. The summed E-state index contributed by atoms with van der Waals surface area (Å²) in [5.74, 6) is -2.41. The largest absolute Gasteiger partial charge is 0.462 e. The van der Waals surface area contributed by atoms with E-state index >= 15 is 0 Å². The molecule has 3 fully saturated rings. The molecule has 0 spiro atoms. The number of piperidine rings is 3. The van der Waals surface area contributed by atoms with Crippen LogP contribution in [-0.4, -0.2) is 116 Å². The van der Waals surface area contributed by atoms with E-state index in [-0.39, 0.29) is 17.7 Å². The maximum absolute atomic E-state index is 13.9. The second-order valence-corrected chi connectivity index (χ2v) is 21.6. The van der Waals surface area contributed by atoms with Gasteiger partial charge in [0.1, 0.15) is 18.3 Å². The lowest BCUT2D eigenvalue weighted by Crippen LogP contribution is -2.63. The molecule has 63 heavy (non-hydrogen) atoms.